The first-order valence-electron chi connectivity index (χ1n) is 6.55. The fraction of sp³-hybridized carbons (Fsp3) is 0.250. The summed E-state index contributed by atoms with van der Waals surface area (Å²) in [6, 6.07) is 11.9. The Labute approximate surface area is 182 Å². The van der Waals surface area contributed by atoms with Crippen molar-refractivity contribution in [3.63, 3.8) is 0 Å². The van der Waals surface area contributed by atoms with Crippen LogP contribution in [0.25, 0.3) is 0 Å². The van der Waals surface area contributed by atoms with E-state index in [1.165, 1.54) is 5.56 Å². The summed E-state index contributed by atoms with van der Waals surface area (Å²) < 4.78 is 10.2. The molecule has 2 aromatic carbocycles. The minimum absolute atomic E-state index is 0. The zero-order valence-corrected chi connectivity index (χ0v) is 17.6. The maximum Gasteiger partial charge on any atom is 1.00 e. The Morgan fingerprint density at radius 2 is 1.38 bits per heavy atom. The molecule has 2 aromatic rings. The van der Waals surface area contributed by atoms with E-state index in [2.05, 4.69) is 15.3 Å². The monoisotopic (exact) mass is 414 g/mol. The number of rotatable bonds is 3. The van der Waals surface area contributed by atoms with E-state index >= 15 is 0 Å². The molecule has 0 aliphatic heterocycles. The fourth-order valence-electron chi connectivity index (χ4n) is 1.74. The maximum absolute atomic E-state index is 5.79. The van der Waals surface area contributed by atoms with E-state index in [0.29, 0.717) is 0 Å². The molecule has 0 spiro atoms. The molecule has 2 nitrogen and oxygen atoms in total. The van der Waals surface area contributed by atoms with Gasteiger partial charge in [0, 0.05) is 10.6 Å². The fourth-order valence-corrected chi connectivity index (χ4v) is 3.39. The van der Waals surface area contributed by atoms with Crippen molar-refractivity contribution in [3.05, 3.63) is 47.5 Å². The summed E-state index contributed by atoms with van der Waals surface area (Å²) in [5, 5.41) is 1.98. The van der Waals surface area contributed by atoms with Crippen LogP contribution in [0.5, 0.6) is 11.5 Å². The Morgan fingerprint density at radius 3 is 1.79 bits per heavy atom. The second kappa shape index (κ2) is 13.8. The van der Waals surface area contributed by atoms with Crippen LogP contribution in [-0.4, -0.2) is 31.6 Å². The predicted molar refractivity (Wildman–Crippen MR) is 114 cm³/mol. The van der Waals surface area contributed by atoms with Gasteiger partial charge in [-0.3, -0.25) is 0 Å². The van der Waals surface area contributed by atoms with Gasteiger partial charge in [0.1, 0.15) is 18.1 Å². The standard InChI is InChI=1S/C8H9Cl2OP.C8H11OP.Al.Li.4H/c1-6-3-4-8(12(9)10)7(5-6)11-2;1-6-3-4-8(10)7(5-6)9-2;;;;;;/h3-5H,1-2H3;3-5H,10H2,1-2H3;;;;;;/q;;;+1;;;;-1. The van der Waals surface area contributed by atoms with Crippen LogP contribution in [0.3, 0.4) is 0 Å². The summed E-state index contributed by atoms with van der Waals surface area (Å²) in [5.41, 5.74) is 2.36. The van der Waals surface area contributed by atoms with Gasteiger partial charge in [0.05, 0.1) is 14.2 Å². The van der Waals surface area contributed by atoms with Crippen LogP contribution in [0.2, 0.25) is 0 Å². The van der Waals surface area contributed by atoms with Crippen LogP contribution in [0.4, 0.5) is 0 Å². The number of benzene rings is 2. The van der Waals surface area contributed by atoms with E-state index < -0.39 is 6.63 Å². The van der Waals surface area contributed by atoms with Crippen molar-refractivity contribution in [3.8, 4) is 11.5 Å². The first kappa shape index (κ1) is 26.8. The van der Waals surface area contributed by atoms with Crippen LogP contribution < -0.4 is 38.9 Å². The quantitative estimate of drug-likeness (QED) is 0.547. The molecule has 1 unspecified atom stereocenters. The van der Waals surface area contributed by atoms with Crippen molar-refractivity contribution in [1.29, 1.82) is 0 Å². The smallest absolute Gasteiger partial charge is 1.00 e. The number of ether oxygens (including phenoxy) is 2. The van der Waals surface area contributed by atoms with Gasteiger partial charge in [-0.2, -0.15) is 0 Å². The molecule has 0 fully saturated rings. The van der Waals surface area contributed by atoms with Crippen LogP contribution in [0.1, 0.15) is 12.6 Å². The predicted octanol–water partition coefficient (Wildman–Crippen LogP) is 0.855. The molecule has 0 saturated heterocycles. The van der Waals surface area contributed by atoms with Crippen molar-refractivity contribution in [2.45, 2.75) is 13.8 Å². The van der Waals surface area contributed by atoms with E-state index in [9.17, 15) is 0 Å². The second-order valence-electron chi connectivity index (χ2n) is 4.65. The Morgan fingerprint density at radius 1 is 0.917 bits per heavy atom. The maximum atomic E-state index is 5.79. The second-order valence-corrected chi connectivity index (χ2v) is 8.77. The number of hydrogen-bond acceptors (Lipinski definition) is 2. The van der Waals surface area contributed by atoms with Crippen LogP contribution in [0.15, 0.2) is 36.4 Å². The Hall–Kier alpha value is 0.610. The topological polar surface area (TPSA) is 18.5 Å². The number of aryl methyl sites for hydroxylation is 2. The molecule has 0 N–H and O–H groups in total. The molecule has 0 saturated carbocycles. The molecule has 0 aromatic heterocycles. The van der Waals surface area contributed by atoms with Gasteiger partial charge >= 0.3 is 18.9 Å². The van der Waals surface area contributed by atoms with Crippen molar-refractivity contribution in [2.24, 2.45) is 0 Å². The molecule has 24 heavy (non-hydrogen) atoms. The van der Waals surface area contributed by atoms with Crippen LogP contribution >= 0.6 is 38.3 Å². The molecule has 0 aliphatic rings. The number of halogens is 2. The van der Waals surface area contributed by atoms with Gasteiger partial charge in [-0.1, -0.05) is 40.7 Å². The first-order chi connectivity index (χ1) is 10.4. The molecular formula is C16H24AlCl2LiO2P2. The molecule has 1 atom stereocenters. The van der Waals surface area contributed by atoms with E-state index in [1.54, 1.807) is 14.2 Å². The van der Waals surface area contributed by atoms with Crippen molar-refractivity contribution in [1.82, 2.24) is 0 Å². The zero-order chi connectivity index (χ0) is 16.7. The van der Waals surface area contributed by atoms with Crippen LogP contribution in [-0.2, 0) is 0 Å². The van der Waals surface area contributed by atoms with E-state index in [0.717, 1.165) is 27.7 Å². The van der Waals surface area contributed by atoms with E-state index in [-0.39, 0.29) is 37.6 Å². The summed E-state index contributed by atoms with van der Waals surface area (Å²) in [6.45, 7) is 2.93. The van der Waals surface area contributed by atoms with Gasteiger partial charge in [-0.25, -0.2) is 0 Å². The third kappa shape index (κ3) is 8.81. The minimum atomic E-state index is -1.12. The van der Waals surface area contributed by atoms with E-state index in [1.807, 2.05) is 44.2 Å². The van der Waals surface area contributed by atoms with Gasteiger partial charge in [0.25, 0.3) is 0 Å². The molecule has 128 valence electrons. The summed E-state index contributed by atoms with van der Waals surface area (Å²) in [7, 11) is 5.93. The van der Waals surface area contributed by atoms with Crippen molar-refractivity contribution >= 4 is 66.3 Å². The zero-order valence-electron chi connectivity index (χ0n) is 15.1. The molecule has 0 bridgehead atoms. The largest absolute Gasteiger partial charge is 1.00 e. The molecule has 0 radical (unpaired) electrons. The van der Waals surface area contributed by atoms with Crippen molar-refractivity contribution < 1.29 is 29.8 Å². The summed E-state index contributed by atoms with van der Waals surface area (Å²) >= 11 is 11.6. The molecule has 8 heteroatoms. The third-order valence-electron chi connectivity index (χ3n) is 2.91. The summed E-state index contributed by atoms with van der Waals surface area (Å²) in [4.78, 5) is 0. The average Bonchev–Trinajstić information content (AvgIpc) is 2.49. The van der Waals surface area contributed by atoms with Gasteiger partial charge in [-0.15, -0.1) is 9.24 Å². The number of hydrogen-bond donors (Lipinski definition) is 0. The molecule has 0 aliphatic carbocycles. The first-order valence-corrected chi connectivity index (χ1v) is 10.3. The van der Waals surface area contributed by atoms with Crippen LogP contribution in [0, 0.1) is 13.8 Å². The number of methoxy groups -OCH3 is 2. The van der Waals surface area contributed by atoms with Gasteiger partial charge in [-0.05, 0) is 43.2 Å². The molecule has 0 amide bonds. The average molecular weight is 415 g/mol. The third-order valence-corrected chi connectivity index (χ3v) is 5.21. The van der Waals surface area contributed by atoms with E-state index in [4.69, 9.17) is 32.0 Å². The SMILES string of the molecule is COc1cc(C)ccc1P.COc1cc(C)ccc1P(Cl)Cl.[AlH3].[H-].[Li+]. The summed E-state index contributed by atoms with van der Waals surface area (Å²) in [6.07, 6.45) is 0. The minimum Gasteiger partial charge on any atom is -1.00 e. The van der Waals surface area contributed by atoms with Crippen molar-refractivity contribution in [2.75, 3.05) is 14.2 Å². The normalized spacial score (nSPS) is 9.17. The van der Waals surface area contributed by atoms with Gasteiger partial charge in [0.15, 0.2) is 17.4 Å². The van der Waals surface area contributed by atoms with Gasteiger partial charge < -0.3 is 10.9 Å². The molecule has 2 rings (SSSR count). The Kier molecular flexibility index (Phi) is 15.4. The Balaban J connectivity index is -0.000000350. The molecular weight excluding hydrogens is 391 g/mol. The van der Waals surface area contributed by atoms with Gasteiger partial charge in [0.2, 0.25) is 0 Å². The Bertz CT molecular complexity index is 637. The summed E-state index contributed by atoms with van der Waals surface area (Å²) in [5.74, 6) is 1.70. The molecule has 0 heterocycles.